The van der Waals surface area contributed by atoms with Crippen molar-refractivity contribution >= 4 is 0 Å². The van der Waals surface area contributed by atoms with Crippen LogP contribution in [-0.2, 0) is 0 Å². The van der Waals surface area contributed by atoms with E-state index in [0.717, 1.165) is 0 Å². The SMILES string of the molecule is CC(C)[C@@H](O)[C@@H]1[C@H](C)N1C(C)C. The van der Waals surface area contributed by atoms with Gasteiger partial charge in [0.05, 0.1) is 12.1 Å². The molecule has 0 bridgehead atoms. The minimum Gasteiger partial charge on any atom is -0.391 e. The lowest BCUT2D eigenvalue weighted by Crippen LogP contribution is -2.27. The zero-order chi connectivity index (χ0) is 9.46. The van der Waals surface area contributed by atoms with Gasteiger partial charge in [-0.1, -0.05) is 13.8 Å². The smallest absolute Gasteiger partial charge is 0.0733 e. The lowest BCUT2D eigenvalue weighted by atomic mass is 10.0. The number of hydrogen-bond donors (Lipinski definition) is 1. The van der Waals surface area contributed by atoms with E-state index in [4.69, 9.17) is 0 Å². The van der Waals surface area contributed by atoms with E-state index < -0.39 is 0 Å². The van der Waals surface area contributed by atoms with Crippen LogP contribution < -0.4 is 0 Å². The van der Waals surface area contributed by atoms with Crippen LogP contribution in [0.25, 0.3) is 0 Å². The standard InChI is InChI=1S/C10H21NO/c1-6(2)10(12)9-8(5)11(9)7(3)4/h6-10,12H,1-5H3/t8-,9-,10+,11?/m0/s1. The number of aliphatic hydroxyl groups excluding tert-OH is 1. The molecule has 0 saturated carbocycles. The van der Waals surface area contributed by atoms with Crippen molar-refractivity contribution < 1.29 is 5.11 Å². The molecule has 1 fully saturated rings. The molecule has 2 nitrogen and oxygen atoms in total. The summed E-state index contributed by atoms with van der Waals surface area (Å²) < 4.78 is 0. The molecule has 0 aromatic heterocycles. The molecule has 4 atom stereocenters. The predicted molar refractivity (Wildman–Crippen MR) is 51.1 cm³/mol. The van der Waals surface area contributed by atoms with Crippen LogP contribution in [0.15, 0.2) is 0 Å². The second-order valence-electron chi connectivity index (χ2n) is 4.51. The molecule has 0 amide bonds. The fraction of sp³-hybridized carbons (Fsp3) is 1.00. The van der Waals surface area contributed by atoms with Crippen molar-refractivity contribution in [3.05, 3.63) is 0 Å². The van der Waals surface area contributed by atoms with Crippen molar-refractivity contribution in [2.45, 2.75) is 58.8 Å². The number of aliphatic hydroxyl groups is 1. The van der Waals surface area contributed by atoms with E-state index in [0.29, 0.717) is 24.0 Å². The van der Waals surface area contributed by atoms with E-state index in [2.05, 4.69) is 39.5 Å². The number of nitrogens with zero attached hydrogens (tertiary/aromatic N) is 1. The summed E-state index contributed by atoms with van der Waals surface area (Å²) in [4.78, 5) is 2.37. The van der Waals surface area contributed by atoms with Crippen molar-refractivity contribution in [3.8, 4) is 0 Å². The average molecular weight is 171 g/mol. The number of rotatable bonds is 3. The van der Waals surface area contributed by atoms with Gasteiger partial charge in [0.25, 0.3) is 0 Å². The van der Waals surface area contributed by atoms with Gasteiger partial charge in [0.1, 0.15) is 0 Å². The van der Waals surface area contributed by atoms with Crippen LogP contribution >= 0.6 is 0 Å². The molecule has 2 heteroatoms. The Balaban J connectivity index is 2.47. The van der Waals surface area contributed by atoms with Crippen LogP contribution in [-0.4, -0.2) is 34.2 Å². The minimum atomic E-state index is -0.151. The van der Waals surface area contributed by atoms with E-state index in [1.165, 1.54) is 0 Å². The first kappa shape index (κ1) is 10.0. The molecule has 72 valence electrons. The van der Waals surface area contributed by atoms with Gasteiger partial charge in [-0.25, -0.2) is 0 Å². The lowest BCUT2D eigenvalue weighted by Gasteiger charge is -2.15. The lowest BCUT2D eigenvalue weighted by molar-refractivity contribution is 0.105. The first-order valence-corrected chi connectivity index (χ1v) is 4.92. The molecule has 1 heterocycles. The van der Waals surface area contributed by atoms with Gasteiger partial charge >= 0.3 is 0 Å². The molecular weight excluding hydrogens is 150 g/mol. The molecular formula is C10H21NO. The molecule has 1 N–H and O–H groups in total. The molecule has 0 aromatic rings. The Morgan fingerprint density at radius 3 is 1.92 bits per heavy atom. The maximum absolute atomic E-state index is 9.81. The van der Waals surface area contributed by atoms with E-state index in [-0.39, 0.29) is 6.10 Å². The molecule has 0 aliphatic carbocycles. The van der Waals surface area contributed by atoms with Crippen LogP contribution in [0, 0.1) is 5.92 Å². The van der Waals surface area contributed by atoms with Gasteiger partial charge in [-0.05, 0) is 26.7 Å². The average Bonchev–Trinajstić information content (AvgIpc) is 2.59. The van der Waals surface area contributed by atoms with Crippen molar-refractivity contribution in [1.29, 1.82) is 0 Å². The van der Waals surface area contributed by atoms with Crippen LogP contribution in [0.2, 0.25) is 0 Å². The van der Waals surface area contributed by atoms with Crippen molar-refractivity contribution in [2.24, 2.45) is 5.92 Å². The molecule has 1 aliphatic rings. The van der Waals surface area contributed by atoms with Gasteiger partial charge in [-0.2, -0.15) is 0 Å². The number of hydrogen-bond acceptors (Lipinski definition) is 2. The Labute approximate surface area is 75.6 Å². The summed E-state index contributed by atoms with van der Waals surface area (Å²) in [5, 5.41) is 9.81. The summed E-state index contributed by atoms with van der Waals surface area (Å²) in [5.74, 6) is 0.376. The highest BCUT2D eigenvalue weighted by Crippen LogP contribution is 2.35. The van der Waals surface area contributed by atoms with E-state index in [9.17, 15) is 5.11 Å². The van der Waals surface area contributed by atoms with Crippen LogP contribution in [0.4, 0.5) is 0 Å². The van der Waals surface area contributed by atoms with Crippen LogP contribution in [0.1, 0.15) is 34.6 Å². The Hall–Kier alpha value is -0.0800. The second kappa shape index (κ2) is 3.35. The Morgan fingerprint density at radius 1 is 1.17 bits per heavy atom. The first-order valence-electron chi connectivity index (χ1n) is 4.92. The summed E-state index contributed by atoms with van der Waals surface area (Å²) in [5.41, 5.74) is 0. The monoisotopic (exact) mass is 171 g/mol. The molecule has 12 heavy (non-hydrogen) atoms. The summed E-state index contributed by atoms with van der Waals surface area (Å²) >= 11 is 0. The highest BCUT2D eigenvalue weighted by Gasteiger charge is 2.50. The Morgan fingerprint density at radius 2 is 1.67 bits per heavy atom. The van der Waals surface area contributed by atoms with Crippen molar-refractivity contribution in [3.63, 3.8) is 0 Å². The summed E-state index contributed by atoms with van der Waals surface area (Å²) in [6, 6.07) is 1.55. The van der Waals surface area contributed by atoms with E-state index >= 15 is 0 Å². The van der Waals surface area contributed by atoms with Crippen molar-refractivity contribution in [2.75, 3.05) is 0 Å². The zero-order valence-electron chi connectivity index (χ0n) is 8.78. The highest BCUT2D eigenvalue weighted by molar-refractivity contribution is 5.05. The third-order valence-electron chi connectivity index (χ3n) is 2.85. The second-order valence-corrected chi connectivity index (χ2v) is 4.51. The van der Waals surface area contributed by atoms with Gasteiger partial charge in [-0.3, -0.25) is 4.90 Å². The Kier molecular flexibility index (Phi) is 2.79. The van der Waals surface area contributed by atoms with Crippen LogP contribution in [0.3, 0.4) is 0 Å². The van der Waals surface area contributed by atoms with Crippen molar-refractivity contribution in [1.82, 2.24) is 4.90 Å². The van der Waals surface area contributed by atoms with Gasteiger partial charge in [0, 0.05) is 12.1 Å². The summed E-state index contributed by atoms with van der Waals surface area (Å²) in [6.45, 7) is 10.7. The third-order valence-corrected chi connectivity index (χ3v) is 2.85. The van der Waals surface area contributed by atoms with Gasteiger partial charge in [-0.15, -0.1) is 0 Å². The normalized spacial score (nSPS) is 37.5. The van der Waals surface area contributed by atoms with Crippen LogP contribution in [0.5, 0.6) is 0 Å². The first-order chi connectivity index (χ1) is 5.46. The van der Waals surface area contributed by atoms with Gasteiger partial charge in [0.15, 0.2) is 0 Å². The quantitative estimate of drug-likeness (QED) is 0.650. The molecule has 1 saturated heterocycles. The van der Waals surface area contributed by atoms with E-state index in [1.807, 2.05) is 0 Å². The maximum atomic E-state index is 9.81. The third kappa shape index (κ3) is 1.64. The largest absolute Gasteiger partial charge is 0.391 e. The molecule has 0 radical (unpaired) electrons. The van der Waals surface area contributed by atoms with E-state index in [1.54, 1.807) is 0 Å². The predicted octanol–water partition coefficient (Wildman–Crippen LogP) is 1.48. The maximum Gasteiger partial charge on any atom is 0.0733 e. The summed E-state index contributed by atoms with van der Waals surface area (Å²) in [7, 11) is 0. The summed E-state index contributed by atoms with van der Waals surface area (Å²) in [6.07, 6.45) is -0.151. The fourth-order valence-corrected chi connectivity index (χ4v) is 2.07. The molecule has 0 aromatic carbocycles. The highest BCUT2D eigenvalue weighted by atomic mass is 16.3. The van der Waals surface area contributed by atoms with Gasteiger partial charge in [0.2, 0.25) is 0 Å². The molecule has 1 aliphatic heterocycles. The fourth-order valence-electron chi connectivity index (χ4n) is 2.07. The molecule has 0 spiro atoms. The molecule has 1 rings (SSSR count). The topological polar surface area (TPSA) is 23.2 Å². The molecule has 1 unspecified atom stereocenters. The van der Waals surface area contributed by atoms with Gasteiger partial charge < -0.3 is 5.11 Å². The Bertz CT molecular complexity index is 146. The zero-order valence-corrected chi connectivity index (χ0v) is 8.78. The minimum absolute atomic E-state index is 0.151.